The average molecular weight is 266 g/mol. The third kappa shape index (κ3) is 5.96. The molecule has 0 aliphatic heterocycles. The molecule has 1 atom stereocenters. The number of rotatable bonds is 7. The van der Waals surface area contributed by atoms with Crippen LogP contribution < -0.4 is 5.32 Å². The SMILES string of the molecule is CC(O)CCCNC(=O)Cc1ccc([N+](=O)[O-])cc1. The molecule has 1 aromatic carbocycles. The van der Waals surface area contributed by atoms with E-state index in [1.54, 1.807) is 19.1 Å². The zero-order valence-corrected chi connectivity index (χ0v) is 10.8. The third-order valence-corrected chi connectivity index (χ3v) is 2.63. The maximum atomic E-state index is 11.6. The summed E-state index contributed by atoms with van der Waals surface area (Å²) >= 11 is 0. The van der Waals surface area contributed by atoms with Gasteiger partial charge in [-0.15, -0.1) is 0 Å². The molecule has 1 rings (SSSR count). The van der Waals surface area contributed by atoms with Crippen LogP contribution in [-0.4, -0.2) is 28.6 Å². The van der Waals surface area contributed by atoms with E-state index in [1.165, 1.54) is 12.1 Å². The maximum Gasteiger partial charge on any atom is 0.269 e. The molecule has 6 nitrogen and oxygen atoms in total. The Morgan fingerprint density at radius 1 is 1.42 bits per heavy atom. The molecule has 0 saturated heterocycles. The standard InChI is InChI=1S/C13H18N2O4/c1-10(16)3-2-8-14-13(17)9-11-4-6-12(7-5-11)15(18)19/h4-7,10,16H,2-3,8-9H2,1H3,(H,14,17). The number of carbonyl (C=O) groups is 1. The fourth-order valence-corrected chi connectivity index (χ4v) is 1.61. The number of amides is 1. The molecule has 1 amide bonds. The Kier molecular flexibility index (Phi) is 5.95. The van der Waals surface area contributed by atoms with Crippen molar-refractivity contribution in [3.05, 3.63) is 39.9 Å². The van der Waals surface area contributed by atoms with E-state index in [4.69, 9.17) is 5.11 Å². The molecule has 6 heteroatoms. The van der Waals surface area contributed by atoms with Crippen LogP contribution in [0.3, 0.4) is 0 Å². The smallest absolute Gasteiger partial charge is 0.269 e. The first-order valence-corrected chi connectivity index (χ1v) is 6.17. The van der Waals surface area contributed by atoms with Crippen LogP contribution in [0.1, 0.15) is 25.3 Å². The van der Waals surface area contributed by atoms with Crippen LogP contribution in [-0.2, 0) is 11.2 Å². The van der Waals surface area contributed by atoms with Gasteiger partial charge in [0.15, 0.2) is 0 Å². The molecule has 2 N–H and O–H groups in total. The first-order valence-electron chi connectivity index (χ1n) is 6.17. The van der Waals surface area contributed by atoms with E-state index in [0.717, 1.165) is 12.0 Å². The van der Waals surface area contributed by atoms with Gasteiger partial charge in [0, 0.05) is 18.7 Å². The zero-order valence-electron chi connectivity index (χ0n) is 10.8. The third-order valence-electron chi connectivity index (χ3n) is 2.63. The molecule has 104 valence electrons. The minimum Gasteiger partial charge on any atom is -0.393 e. The summed E-state index contributed by atoms with van der Waals surface area (Å²) in [6.07, 6.45) is 1.22. The van der Waals surface area contributed by atoms with Gasteiger partial charge < -0.3 is 10.4 Å². The number of nitro groups is 1. The molecular formula is C13H18N2O4. The van der Waals surface area contributed by atoms with E-state index < -0.39 is 4.92 Å². The van der Waals surface area contributed by atoms with Crippen molar-refractivity contribution in [3.8, 4) is 0 Å². The van der Waals surface area contributed by atoms with E-state index in [-0.39, 0.29) is 24.1 Å². The number of hydrogen-bond donors (Lipinski definition) is 2. The van der Waals surface area contributed by atoms with Crippen LogP contribution in [0, 0.1) is 10.1 Å². The number of nitrogens with zero attached hydrogens (tertiary/aromatic N) is 1. The molecule has 0 aromatic heterocycles. The molecule has 0 aliphatic carbocycles. The normalized spacial score (nSPS) is 11.9. The second-order valence-corrected chi connectivity index (χ2v) is 4.44. The van der Waals surface area contributed by atoms with Crippen molar-refractivity contribution in [2.75, 3.05) is 6.54 Å². The largest absolute Gasteiger partial charge is 0.393 e. The average Bonchev–Trinajstić information content (AvgIpc) is 2.35. The quantitative estimate of drug-likeness (QED) is 0.443. The van der Waals surface area contributed by atoms with Crippen LogP contribution in [0.15, 0.2) is 24.3 Å². The van der Waals surface area contributed by atoms with Crippen LogP contribution in [0.5, 0.6) is 0 Å². The number of non-ortho nitro benzene ring substituents is 1. The highest BCUT2D eigenvalue weighted by atomic mass is 16.6. The van der Waals surface area contributed by atoms with E-state index in [0.29, 0.717) is 13.0 Å². The van der Waals surface area contributed by atoms with E-state index >= 15 is 0 Å². The van der Waals surface area contributed by atoms with Gasteiger partial charge >= 0.3 is 0 Å². The molecule has 0 aliphatic rings. The minimum atomic E-state index is -0.472. The van der Waals surface area contributed by atoms with Crippen molar-refractivity contribution in [1.29, 1.82) is 0 Å². The van der Waals surface area contributed by atoms with E-state index in [9.17, 15) is 14.9 Å². The van der Waals surface area contributed by atoms with Crippen LogP contribution in [0.25, 0.3) is 0 Å². The lowest BCUT2D eigenvalue weighted by molar-refractivity contribution is -0.384. The van der Waals surface area contributed by atoms with Crippen molar-refractivity contribution in [1.82, 2.24) is 5.32 Å². The van der Waals surface area contributed by atoms with Gasteiger partial charge in [0.25, 0.3) is 5.69 Å². The molecule has 0 fully saturated rings. The number of nitrogens with one attached hydrogen (secondary N) is 1. The molecule has 0 heterocycles. The summed E-state index contributed by atoms with van der Waals surface area (Å²) in [7, 11) is 0. The molecule has 1 aromatic rings. The number of benzene rings is 1. The Morgan fingerprint density at radius 2 is 2.05 bits per heavy atom. The van der Waals surface area contributed by atoms with Crippen LogP contribution in [0.4, 0.5) is 5.69 Å². The lowest BCUT2D eigenvalue weighted by Gasteiger charge is -2.06. The lowest BCUT2D eigenvalue weighted by atomic mass is 10.1. The second-order valence-electron chi connectivity index (χ2n) is 4.44. The van der Waals surface area contributed by atoms with Gasteiger partial charge in [-0.05, 0) is 25.3 Å². The predicted molar refractivity (Wildman–Crippen MR) is 70.7 cm³/mol. The van der Waals surface area contributed by atoms with Crippen molar-refractivity contribution in [2.45, 2.75) is 32.3 Å². The topological polar surface area (TPSA) is 92.5 Å². The van der Waals surface area contributed by atoms with Gasteiger partial charge in [0.1, 0.15) is 0 Å². The number of nitro benzene ring substituents is 1. The lowest BCUT2D eigenvalue weighted by Crippen LogP contribution is -2.26. The van der Waals surface area contributed by atoms with Crippen LogP contribution >= 0.6 is 0 Å². The van der Waals surface area contributed by atoms with E-state index in [2.05, 4.69) is 5.32 Å². The van der Waals surface area contributed by atoms with Gasteiger partial charge in [-0.25, -0.2) is 0 Å². The number of hydrogen-bond acceptors (Lipinski definition) is 4. The first kappa shape index (κ1) is 15.1. The van der Waals surface area contributed by atoms with Gasteiger partial charge in [0.05, 0.1) is 17.4 Å². The Bertz CT molecular complexity index is 429. The van der Waals surface area contributed by atoms with E-state index in [1.807, 2.05) is 0 Å². The monoisotopic (exact) mass is 266 g/mol. The highest BCUT2D eigenvalue weighted by molar-refractivity contribution is 5.78. The molecule has 1 unspecified atom stereocenters. The summed E-state index contributed by atoms with van der Waals surface area (Å²) in [5.41, 5.74) is 0.750. The Labute approximate surface area is 111 Å². The zero-order chi connectivity index (χ0) is 14.3. The van der Waals surface area contributed by atoms with Crippen molar-refractivity contribution in [2.24, 2.45) is 0 Å². The second kappa shape index (κ2) is 7.48. The van der Waals surface area contributed by atoms with Gasteiger partial charge in [-0.2, -0.15) is 0 Å². The Balaban J connectivity index is 2.34. The van der Waals surface area contributed by atoms with Crippen LogP contribution in [0.2, 0.25) is 0 Å². The number of aliphatic hydroxyl groups is 1. The van der Waals surface area contributed by atoms with Crippen molar-refractivity contribution < 1.29 is 14.8 Å². The van der Waals surface area contributed by atoms with Gasteiger partial charge in [-0.3, -0.25) is 14.9 Å². The molecule has 0 radical (unpaired) electrons. The van der Waals surface area contributed by atoms with Crippen molar-refractivity contribution in [3.63, 3.8) is 0 Å². The summed E-state index contributed by atoms with van der Waals surface area (Å²) in [6, 6.07) is 5.92. The first-order chi connectivity index (χ1) is 8.99. The summed E-state index contributed by atoms with van der Waals surface area (Å²) in [5.74, 6) is -0.126. The summed E-state index contributed by atoms with van der Waals surface area (Å²) < 4.78 is 0. The number of carbonyl (C=O) groups excluding carboxylic acids is 1. The summed E-state index contributed by atoms with van der Waals surface area (Å²) in [4.78, 5) is 21.6. The molecular weight excluding hydrogens is 248 g/mol. The molecule has 0 spiro atoms. The highest BCUT2D eigenvalue weighted by Crippen LogP contribution is 2.12. The molecule has 0 bridgehead atoms. The fourth-order valence-electron chi connectivity index (χ4n) is 1.61. The Hall–Kier alpha value is -1.95. The summed E-state index contributed by atoms with van der Waals surface area (Å²) in [6.45, 7) is 2.23. The molecule has 19 heavy (non-hydrogen) atoms. The van der Waals surface area contributed by atoms with Gasteiger partial charge in [-0.1, -0.05) is 12.1 Å². The minimum absolute atomic E-state index is 0.0149. The van der Waals surface area contributed by atoms with Gasteiger partial charge in [0.2, 0.25) is 5.91 Å². The fraction of sp³-hybridized carbons (Fsp3) is 0.462. The Morgan fingerprint density at radius 3 is 2.58 bits per heavy atom. The highest BCUT2D eigenvalue weighted by Gasteiger charge is 2.07. The number of aliphatic hydroxyl groups excluding tert-OH is 1. The predicted octanol–water partition coefficient (Wildman–Crippen LogP) is 1.41. The van der Waals surface area contributed by atoms with Crippen molar-refractivity contribution >= 4 is 11.6 Å². The molecule has 0 saturated carbocycles. The summed E-state index contributed by atoms with van der Waals surface area (Å²) in [5, 5.41) is 22.3. The maximum absolute atomic E-state index is 11.6.